The van der Waals surface area contributed by atoms with Gasteiger partial charge in [0.1, 0.15) is 0 Å². The lowest BCUT2D eigenvalue weighted by molar-refractivity contribution is -0.137. The summed E-state index contributed by atoms with van der Waals surface area (Å²) >= 11 is 0. The average molecular weight is 591 g/mol. The number of hydrogen-bond donors (Lipinski definition) is 4. The van der Waals surface area contributed by atoms with E-state index < -0.39 is 34.8 Å². The highest BCUT2D eigenvalue weighted by Crippen LogP contribution is 2.36. The van der Waals surface area contributed by atoms with Crippen molar-refractivity contribution in [3.8, 4) is 5.69 Å². The molecule has 2 heterocycles. The fourth-order valence-electron chi connectivity index (χ4n) is 4.51. The topological polar surface area (TPSA) is 130 Å². The molecule has 0 atom stereocenters. The monoisotopic (exact) mass is 590 g/mol. The van der Waals surface area contributed by atoms with Gasteiger partial charge in [0.25, 0.3) is 5.91 Å². The summed E-state index contributed by atoms with van der Waals surface area (Å²) in [5.74, 6) is -0.728. The van der Waals surface area contributed by atoms with Gasteiger partial charge in [-0.2, -0.15) is 13.2 Å². The fourth-order valence-corrected chi connectivity index (χ4v) is 4.51. The molecule has 0 fully saturated rings. The number of nitrogens with zero attached hydrogens (tertiary/aromatic N) is 2. The zero-order valence-electron chi connectivity index (χ0n) is 22.7. The number of hydrogen-bond acceptors (Lipinski definition) is 4. The third-order valence-electron chi connectivity index (χ3n) is 6.69. The minimum Gasteiger partial charge on any atom is -0.334 e. The lowest BCUT2D eigenvalue weighted by atomic mass is 10.1. The molecule has 0 bridgehead atoms. The van der Waals surface area contributed by atoms with Crippen molar-refractivity contribution in [2.75, 3.05) is 5.43 Å². The van der Waals surface area contributed by atoms with Gasteiger partial charge < -0.3 is 20.2 Å². The van der Waals surface area contributed by atoms with E-state index in [2.05, 4.69) is 21.0 Å². The number of alkyl halides is 3. The first-order valence-corrected chi connectivity index (χ1v) is 13.0. The van der Waals surface area contributed by atoms with Crippen molar-refractivity contribution in [2.24, 2.45) is 0 Å². The molecule has 43 heavy (non-hydrogen) atoms. The predicted molar refractivity (Wildman–Crippen MR) is 154 cm³/mol. The first kappa shape index (κ1) is 28.9. The van der Waals surface area contributed by atoms with Gasteiger partial charge in [0.2, 0.25) is 0 Å². The molecule has 0 aliphatic heterocycles. The molecular formula is C30H25F3N6O4. The van der Waals surface area contributed by atoms with Crippen molar-refractivity contribution in [1.82, 2.24) is 24.9 Å². The fraction of sp³-hybridized carbons (Fsp3) is 0.133. The summed E-state index contributed by atoms with van der Waals surface area (Å²) in [5.41, 5.74) is 0.213. The number of carbonyl (C=O) groups is 2. The molecule has 0 aliphatic rings. The van der Waals surface area contributed by atoms with Crippen LogP contribution in [-0.4, -0.2) is 26.2 Å². The van der Waals surface area contributed by atoms with Gasteiger partial charge >= 0.3 is 23.3 Å². The largest absolute Gasteiger partial charge is 0.418 e. The number of H-pyrrole nitrogens is 1. The number of urea groups is 1. The highest BCUT2D eigenvalue weighted by Gasteiger charge is 2.35. The summed E-state index contributed by atoms with van der Waals surface area (Å²) in [6.45, 7) is 1.99. The van der Waals surface area contributed by atoms with Gasteiger partial charge in [-0.3, -0.25) is 19.8 Å². The van der Waals surface area contributed by atoms with Gasteiger partial charge in [0.05, 0.1) is 22.3 Å². The van der Waals surface area contributed by atoms with Crippen molar-refractivity contribution in [1.29, 1.82) is 0 Å². The molecule has 10 nitrogen and oxygen atoms in total. The van der Waals surface area contributed by atoms with E-state index in [1.54, 1.807) is 25.1 Å². The molecule has 220 valence electrons. The number of benzene rings is 3. The van der Waals surface area contributed by atoms with Crippen LogP contribution in [0.2, 0.25) is 0 Å². The maximum atomic E-state index is 14.2. The van der Waals surface area contributed by atoms with Crippen LogP contribution in [0.1, 0.15) is 32.6 Å². The zero-order chi connectivity index (χ0) is 30.7. The molecule has 3 aromatic carbocycles. The van der Waals surface area contributed by atoms with Crippen LogP contribution in [0.25, 0.3) is 16.7 Å². The summed E-state index contributed by atoms with van der Waals surface area (Å²) in [5, 5.41) is 5.36. The zero-order valence-corrected chi connectivity index (χ0v) is 22.7. The van der Waals surface area contributed by atoms with Crippen molar-refractivity contribution >= 4 is 23.0 Å². The number of fused-ring (bicyclic) bond motifs is 1. The third-order valence-corrected chi connectivity index (χ3v) is 6.69. The average Bonchev–Trinajstić information content (AvgIpc) is 3.46. The van der Waals surface area contributed by atoms with Crippen molar-refractivity contribution < 1.29 is 22.8 Å². The van der Waals surface area contributed by atoms with E-state index >= 15 is 0 Å². The second-order valence-electron chi connectivity index (χ2n) is 9.68. The minimum absolute atomic E-state index is 0.0209. The van der Waals surface area contributed by atoms with E-state index in [1.807, 2.05) is 30.3 Å². The van der Waals surface area contributed by atoms with Crippen LogP contribution < -0.4 is 27.2 Å². The van der Waals surface area contributed by atoms with Gasteiger partial charge in [-0.15, -0.1) is 0 Å². The second-order valence-corrected chi connectivity index (χ2v) is 9.68. The summed E-state index contributed by atoms with van der Waals surface area (Å²) in [4.78, 5) is 52.5. The third kappa shape index (κ3) is 6.35. The summed E-state index contributed by atoms with van der Waals surface area (Å²) in [6.07, 6.45) is -2.07. The lowest BCUT2D eigenvalue weighted by Crippen LogP contribution is -2.42. The Hall–Kier alpha value is -5.59. The Morgan fingerprint density at radius 2 is 1.56 bits per heavy atom. The number of aromatic amines is 1. The molecule has 5 rings (SSSR count). The molecule has 0 aliphatic carbocycles. The molecule has 2 aromatic heterocycles. The number of carbonyl (C=O) groups excluding carboxylic acids is 2. The Morgan fingerprint density at radius 1 is 0.884 bits per heavy atom. The van der Waals surface area contributed by atoms with E-state index in [1.165, 1.54) is 29.1 Å². The maximum Gasteiger partial charge on any atom is 0.418 e. The van der Waals surface area contributed by atoms with Crippen LogP contribution in [0.3, 0.4) is 0 Å². The molecule has 13 heteroatoms. The van der Waals surface area contributed by atoms with Gasteiger partial charge in [-0.1, -0.05) is 48.5 Å². The molecule has 0 spiro atoms. The quantitative estimate of drug-likeness (QED) is 0.212. The Morgan fingerprint density at radius 3 is 2.26 bits per heavy atom. The van der Waals surface area contributed by atoms with Gasteiger partial charge in [-0.05, 0) is 47.9 Å². The normalized spacial score (nSPS) is 11.3. The Balaban J connectivity index is 1.47. The molecular weight excluding hydrogens is 565 g/mol. The van der Waals surface area contributed by atoms with Crippen LogP contribution in [-0.2, 0) is 19.3 Å². The summed E-state index contributed by atoms with van der Waals surface area (Å²) in [7, 11) is 0. The Bertz CT molecular complexity index is 1940. The van der Waals surface area contributed by atoms with Gasteiger partial charge in [0, 0.05) is 31.0 Å². The highest BCUT2D eigenvalue weighted by atomic mass is 19.4. The standard InChI is InChI=1S/C30H25F3N6O4/c1-18-7-5-6-10-21(18)26(40)37-39-25-14-24(22(30(31,32)33)13-23(25)36-27(41)28(39)42)38-12-11-20(17-38)16-35-29(43)34-15-19-8-3-2-4-9-19/h2-14,17H,15-16H2,1H3,(H,36,41)(H,37,40)(H2,34,35,43). The summed E-state index contributed by atoms with van der Waals surface area (Å²) < 4.78 is 44.4. The van der Waals surface area contributed by atoms with Crippen LogP contribution >= 0.6 is 0 Å². The van der Waals surface area contributed by atoms with E-state index in [0.29, 0.717) is 28.4 Å². The SMILES string of the molecule is Cc1ccccc1C(=O)Nn1c(=O)c(=O)[nH]c2cc(C(F)(F)F)c(-n3ccc(CNC(=O)NCc4ccccc4)c3)cc21. The number of aryl methyl sites for hydroxylation is 1. The molecule has 3 amide bonds. The molecule has 0 saturated heterocycles. The number of nitrogens with one attached hydrogen (secondary N) is 4. The molecule has 5 aromatic rings. The maximum absolute atomic E-state index is 14.2. The van der Waals surface area contributed by atoms with E-state index in [-0.39, 0.29) is 28.8 Å². The minimum atomic E-state index is -4.84. The van der Waals surface area contributed by atoms with E-state index in [0.717, 1.165) is 11.6 Å². The first-order chi connectivity index (χ1) is 20.5. The van der Waals surface area contributed by atoms with Gasteiger partial charge in [-0.25, -0.2) is 9.47 Å². The molecule has 0 radical (unpaired) electrons. The summed E-state index contributed by atoms with van der Waals surface area (Å²) in [6, 6.07) is 18.6. The smallest absolute Gasteiger partial charge is 0.334 e. The van der Waals surface area contributed by atoms with E-state index in [4.69, 9.17) is 0 Å². The number of rotatable bonds is 7. The van der Waals surface area contributed by atoms with Crippen molar-refractivity contribution in [2.45, 2.75) is 26.2 Å². The van der Waals surface area contributed by atoms with Gasteiger partial charge in [0.15, 0.2) is 0 Å². The van der Waals surface area contributed by atoms with E-state index in [9.17, 15) is 32.3 Å². The van der Waals surface area contributed by atoms with Crippen LogP contribution in [0.5, 0.6) is 0 Å². The molecule has 4 N–H and O–H groups in total. The van der Waals surface area contributed by atoms with Crippen molar-refractivity contribution in [3.05, 3.63) is 134 Å². The van der Waals surface area contributed by atoms with Crippen molar-refractivity contribution in [3.63, 3.8) is 0 Å². The Labute approximate surface area is 241 Å². The Kier molecular flexibility index (Phi) is 7.88. The number of aromatic nitrogens is 3. The molecule has 0 saturated carbocycles. The van der Waals surface area contributed by atoms with Crippen LogP contribution in [0.4, 0.5) is 18.0 Å². The van der Waals surface area contributed by atoms with Crippen LogP contribution in [0.15, 0.2) is 94.8 Å². The van der Waals surface area contributed by atoms with Crippen LogP contribution in [0, 0.1) is 6.92 Å². The highest BCUT2D eigenvalue weighted by molar-refractivity contribution is 6.01. The predicted octanol–water partition coefficient (Wildman–Crippen LogP) is 4.19. The second kappa shape index (κ2) is 11.7. The molecule has 0 unspecified atom stereocenters. The lowest BCUT2D eigenvalue weighted by Gasteiger charge is -2.18. The first-order valence-electron chi connectivity index (χ1n) is 13.0. The number of halogens is 3. The number of amides is 3.